The Bertz CT molecular complexity index is 418. The van der Waals surface area contributed by atoms with Crippen LogP contribution < -0.4 is 10.6 Å². The number of nitrogens with one attached hydrogen (secondary N) is 2. The summed E-state index contributed by atoms with van der Waals surface area (Å²) in [5, 5.41) is 6.18. The lowest BCUT2D eigenvalue weighted by atomic mass is 10.1. The standard InChI is InChI=1S/C12H20N4O2/c1-8(2)15-9-6-10(14-7-13-9)16-12(3,4)11(17)18-5/h6-8H,1-5H3,(H2,13,14,15,16). The zero-order valence-corrected chi connectivity index (χ0v) is 11.4. The normalized spacial score (nSPS) is 11.2. The van der Waals surface area contributed by atoms with Gasteiger partial charge < -0.3 is 15.4 Å². The molecule has 0 fully saturated rings. The van der Waals surface area contributed by atoms with Crippen molar-refractivity contribution in [1.82, 2.24) is 9.97 Å². The number of ether oxygens (including phenoxy) is 1. The van der Waals surface area contributed by atoms with Crippen molar-refractivity contribution in [3.63, 3.8) is 0 Å². The van der Waals surface area contributed by atoms with Crippen molar-refractivity contribution in [1.29, 1.82) is 0 Å². The van der Waals surface area contributed by atoms with Gasteiger partial charge in [0.25, 0.3) is 0 Å². The molecule has 1 aromatic heterocycles. The molecule has 0 unspecified atom stereocenters. The van der Waals surface area contributed by atoms with Crippen LogP contribution in [0.5, 0.6) is 0 Å². The molecule has 0 amide bonds. The number of hydrogen-bond donors (Lipinski definition) is 2. The van der Waals surface area contributed by atoms with Crippen molar-refractivity contribution in [2.24, 2.45) is 0 Å². The number of esters is 1. The summed E-state index contributed by atoms with van der Waals surface area (Å²) in [4.78, 5) is 19.7. The van der Waals surface area contributed by atoms with Gasteiger partial charge in [-0.15, -0.1) is 0 Å². The highest BCUT2D eigenvalue weighted by Gasteiger charge is 2.28. The molecular formula is C12H20N4O2. The van der Waals surface area contributed by atoms with Crippen LogP contribution in [0.25, 0.3) is 0 Å². The van der Waals surface area contributed by atoms with Gasteiger partial charge in [0.1, 0.15) is 23.5 Å². The number of methoxy groups -OCH3 is 1. The van der Waals surface area contributed by atoms with Crippen molar-refractivity contribution in [2.75, 3.05) is 17.7 Å². The van der Waals surface area contributed by atoms with Crippen molar-refractivity contribution in [2.45, 2.75) is 39.3 Å². The predicted octanol–water partition coefficient (Wildman–Crippen LogP) is 1.66. The fourth-order valence-electron chi connectivity index (χ4n) is 1.43. The van der Waals surface area contributed by atoms with Crippen LogP contribution in [0.1, 0.15) is 27.7 Å². The van der Waals surface area contributed by atoms with Crippen molar-refractivity contribution in [3.05, 3.63) is 12.4 Å². The minimum absolute atomic E-state index is 0.279. The Labute approximate surface area is 107 Å². The summed E-state index contributed by atoms with van der Waals surface area (Å²) < 4.78 is 4.72. The van der Waals surface area contributed by atoms with Crippen LogP contribution in [0.15, 0.2) is 12.4 Å². The molecule has 0 aliphatic carbocycles. The lowest BCUT2D eigenvalue weighted by molar-refractivity contribution is -0.144. The third-order valence-electron chi connectivity index (χ3n) is 2.24. The van der Waals surface area contributed by atoms with E-state index in [1.807, 2.05) is 13.8 Å². The van der Waals surface area contributed by atoms with E-state index >= 15 is 0 Å². The molecular weight excluding hydrogens is 232 g/mol. The average molecular weight is 252 g/mol. The molecule has 6 nitrogen and oxygen atoms in total. The van der Waals surface area contributed by atoms with Gasteiger partial charge in [-0.3, -0.25) is 0 Å². The molecule has 2 N–H and O–H groups in total. The maximum atomic E-state index is 11.6. The van der Waals surface area contributed by atoms with E-state index in [0.29, 0.717) is 11.6 Å². The molecule has 0 spiro atoms. The van der Waals surface area contributed by atoms with E-state index in [1.54, 1.807) is 19.9 Å². The smallest absolute Gasteiger partial charge is 0.330 e. The molecule has 0 radical (unpaired) electrons. The summed E-state index contributed by atoms with van der Waals surface area (Å²) in [6, 6.07) is 2.03. The van der Waals surface area contributed by atoms with Crippen LogP contribution in [0, 0.1) is 0 Å². The van der Waals surface area contributed by atoms with E-state index in [9.17, 15) is 4.79 Å². The van der Waals surface area contributed by atoms with Crippen LogP contribution in [-0.4, -0.2) is 34.6 Å². The lowest BCUT2D eigenvalue weighted by Crippen LogP contribution is -2.41. The summed E-state index contributed by atoms with van der Waals surface area (Å²) >= 11 is 0. The minimum Gasteiger partial charge on any atom is -0.467 e. The molecule has 1 aromatic rings. The Morgan fingerprint density at radius 2 is 1.94 bits per heavy atom. The zero-order chi connectivity index (χ0) is 13.8. The van der Waals surface area contributed by atoms with Crippen molar-refractivity contribution >= 4 is 17.6 Å². The van der Waals surface area contributed by atoms with Crippen molar-refractivity contribution < 1.29 is 9.53 Å². The lowest BCUT2D eigenvalue weighted by Gasteiger charge is -2.23. The molecule has 0 bridgehead atoms. The van der Waals surface area contributed by atoms with Gasteiger partial charge in [0.05, 0.1) is 7.11 Å². The van der Waals surface area contributed by atoms with E-state index in [-0.39, 0.29) is 12.0 Å². The summed E-state index contributed by atoms with van der Waals surface area (Å²) in [7, 11) is 1.36. The van der Waals surface area contributed by atoms with Gasteiger partial charge in [0.15, 0.2) is 0 Å². The van der Waals surface area contributed by atoms with Crippen LogP contribution in [-0.2, 0) is 9.53 Å². The maximum absolute atomic E-state index is 11.6. The average Bonchev–Trinajstić information content (AvgIpc) is 2.26. The summed E-state index contributed by atoms with van der Waals surface area (Å²) in [6.45, 7) is 7.51. The zero-order valence-electron chi connectivity index (χ0n) is 11.4. The molecule has 0 saturated carbocycles. The first-order valence-corrected chi connectivity index (χ1v) is 5.80. The molecule has 0 atom stereocenters. The number of hydrogen-bond acceptors (Lipinski definition) is 6. The third-order valence-corrected chi connectivity index (χ3v) is 2.24. The molecule has 0 aromatic carbocycles. The van der Waals surface area contributed by atoms with Gasteiger partial charge >= 0.3 is 5.97 Å². The second kappa shape index (κ2) is 5.66. The Balaban J connectivity index is 2.81. The summed E-state index contributed by atoms with van der Waals surface area (Å²) in [6.07, 6.45) is 1.44. The van der Waals surface area contributed by atoms with Gasteiger partial charge in [0, 0.05) is 12.1 Å². The van der Waals surface area contributed by atoms with Crippen LogP contribution in [0.4, 0.5) is 11.6 Å². The molecule has 0 saturated heterocycles. The Hall–Kier alpha value is -1.85. The molecule has 0 aliphatic rings. The van der Waals surface area contributed by atoms with Gasteiger partial charge in [0.2, 0.25) is 0 Å². The van der Waals surface area contributed by atoms with Gasteiger partial charge in [-0.2, -0.15) is 0 Å². The van der Waals surface area contributed by atoms with Crippen molar-refractivity contribution in [3.8, 4) is 0 Å². The summed E-state index contributed by atoms with van der Waals surface area (Å²) in [5.74, 6) is 0.936. The Morgan fingerprint density at radius 3 is 2.50 bits per heavy atom. The maximum Gasteiger partial charge on any atom is 0.330 e. The number of rotatable bonds is 5. The van der Waals surface area contributed by atoms with Gasteiger partial charge in [-0.25, -0.2) is 14.8 Å². The van der Waals surface area contributed by atoms with Crippen LogP contribution in [0.2, 0.25) is 0 Å². The van der Waals surface area contributed by atoms with E-state index in [1.165, 1.54) is 13.4 Å². The second-order valence-electron chi connectivity index (χ2n) is 4.83. The number of nitrogens with zero attached hydrogens (tertiary/aromatic N) is 2. The predicted molar refractivity (Wildman–Crippen MR) is 70.5 cm³/mol. The highest BCUT2D eigenvalue weighted by Crippen LogP contribution is 2.16. The van der Waals surface area contributed by atoms with Gasteiger partial charge in [-0.05, 0) is 27.7 Å². The first-order chi connectivity index (χ1) is 8.35. The molecule has 6 heteroatoms. The first-order valence-electron chi connectivity index (χ1n) is 5.80. The van der Waals surface area contributed by atoms with E-state index < -0.39 is 5.54 Å². The van der Waals surface area contributed by atoms with E-state index in [4.69, 9.17) is 4.74 Å². The topological polar surface area (TPSA) is 76.1 Å². The number of anilines is 2. The number of carbonyl (C=O) groups is 1. The molecule has 100 valence electrons. The first kappa shape index (κ1) is 14.2. The molecule has 18 heavy (non-hydrogen) atoms. The SMILES string of the molecule is COC(=O)C(C)(C)Nc1cc(NC(C)C)ncn1. The monoisotopic (exact) mass is 252 g/mol. The highest BCUT2D eigenvalue weighted by molar-refractivity contribution is 5.83. The van der Waals surface area contributed by atoms with Gasteiger partial charge in [-0.1, -0.05) is 0 Å². The Morgan fingerprint density at radius 1 is 1.33 bits per heavy atom. The summed E-state index contributed by atoms with van der Waals surface area (Å²) in [5.41, 5.74) is -0.835. The Kier molecular flexibility index (Phi) is 4.47. The number of aromatic nitrogens is 2. The molecule has 1 heterocycles. The minimum atomic E-state index is -0.835. The van der Waals surface area contributed by atoms with E-state index in [2.05, 4.69) is 20.6 Å². The fourth-order valence-corrected chi connectivity index (χ4v) is 1.43. The fraction of sp³-hybridized carbons (Fsp3) is 0.583. The molecule has 1 rings (SSSR count). The largest absolute Gasteiger partial charge is 0.467 e. The van der Waals surface area contributed by atoms with Crippen LogP contribution in [0.3, 0.4) is 0 Å². The van der Waals surface area contributed by atoms with E-state index in [0.717, 1.165) is 0 Å². The quantitative estimate of drug-likeness (QED) is 0.776. The number of carbonyl (C=O) groups excluding carboxylic acids is 1. The van der Waals surface area contributed by atoms with Crippen LogP contribution >= 0.6 is 0 Å². The molecule has 0 aliphatic heterocycles. The highest BCUT2D eigenvalue weighted by atomic mass is 16.5. The second-order valence-corrected chi connectivity index (χ2v) is 4.83. The third kappa shape index (κ3) is 3.87.